The van der Waals surface area contributed by atoms with Crippen LogP contribution >= 0.6 is 0 Å². The molecule has 0 bridgehead atoms. The molecule has 0 fully saturated rings. The summed E-state index contributed by atoms with van der Waals surface area (Å²) in [6.45, 7) is 4.18. The van der Waals surface area contributed by atoms with Crippen LogP contribution in [0.25, 0.3) is 17.1 Å². The standard InChI is InChI=1S/C34H41N3O4/c1-4-12-26-16-21-31(32(25-26)40-3)41-24-11-10-23-37-30-14-8-7-13-29(30)36-33(37)15-6-5-9-22-35-34(38)27-17-19-28(39-2)20-18-27/h4,7-8,12-14,16-21,25H,5-6,9-11,15,22-24H2,1-3H3,(H,35,38)/b12-4+. The molecule has 1 N–H and O–H groups in total. The first kappa shape index (κ1) is 29.7. The van der Waals surface area contributed by atoms with E-state index in [2.05, 4.69) is 28.1 Å². The molecule has 1 amide bonds. The quantitative estimate of drug-likeness (QED) is 0.149. The molecule has 4 aromatic rings. The number of amides is 1. The third kappa shape index (κ3) is 8.37. The van der Waals surface area contributed by atoms with E-state index in [0.717, 1.165) is 79.2 Å². The third-order valence-electron chi connectivity index (χ3n) is 7.03. The number of rotatable bonds is 16. The number of carbonyl (C=O) groups is 1. The van der Waals surface area contributed by atoms with Gasteiger partial charge in [0.05, 0.1) is 31.9 Å². The molecule has 0 saturated carbocycles. The zero-order valence-corrected chi connectivity index (χ0v) is 24.4. The van der Waals surface area contributed by atoms with Crippen LogP contribution in [0, 0.1) is 0 Å². The Kier molecular flexibility index (Phi) is 11.2. The molecule has 7 heteroatoms. The Morgan fingerprint density at radius 3 is 2.51 bits per heavy atom. The molecule has 0 radical (unpaired) electrons. The molecule has 0 aliphatic heterocycles. The van der Waals surface area contributed by atoms with Gasteiger partial charge in [0.1, 0.15) is 11.6 Å². The van der Waals surface area contributed by atoms with Crippen molar-refractivity contribution in [2.75, 3.05) is 27.4 Å². The van der Waals surface area contributed by atoms with Gasteiger partial charge in [-0.25, -0.2) is 4.98 Å². The average Bonchev–Trinajstić information content (AvgIpc) is 3.36. The lowest BCUT2D eigenvalue weighted by atomic mass is 10.1. The highest BCUT2D eigenvalue weighted by Gasteiger charge is 2.11. The summed E-state index contributed by atoms with van der Waals surface area (Å²) in [7, 11) is 3.29. The van der Waals surface area contributed by atoms with Crippen molar-refractivity contribution in [2.45, 2.75) is 52.0 Å². The summed E-state index contributed by atoms with van der Waals surface area (Å²) < 4.78 is 19.1. The van der Waals surface area contributed by atoms with Crippen LogP contribution in [0.3, 0.4) is 0 Å². The van der Waals surface area contributed by atoms with Crippen molar-refractivity contribution >= 4 is 23.0 Å². The van der Waals surface area contributed by atoms with Gasteiger partial charge >= 0.3 is 0 Å². The third-order valence-corrected chi connectivity index (χ3v) is 7.03. The number of hydrogen-bond acceptors (Lipinski definition) is 5. The van der Waals surface area contributed by atoms with E-state index in [0.29, 0.717) is 18.7 Å². The second-order valence-electron chi connectivity index (χ2n) is 9.93. The summed E-state index contributed by atoms with van der Waals surface area (Å²) in [5.74, 6) is 3.34. The maximum atomic E-state index is 12.4. The minimum atomic E-state index is -0.0532. The predicted molar refractivity (Wildman–Crippen MR) is 165 cm³/mol. The van der Waals surface area contributed by atoms with E-state index in [9.17, 15) is 4.79 Å². The summed E-state index contributed by atoms with van der Waals surface area (Å²) >= 11 is 0. The number of aryl methyl sites for hydroxylation is 2. The Balaban J connectivity index is 1.22. The lowest BCUT2D eigenvalue weighted by molar-refractivity contribution is 0.0953. The number of ether oxygens (including phenoxy) is 3. The maximum Gasteiger partial charge on any atom is 0.251 e. The summed E-state index contributed by atoms with van der Waals surface area (Å²) in [5, 5.41) is 3.01. The number of aromatic nitrogens is 2. The van der Waals surface area contributed by atoms with Gasteiger partial charge in [-0.2, -0.15) is 0 Å². The molecular weight excluding hydrogens is 514 g/mol. The van der Waals surface area contributed by atoms with Crippen molar-refractivity contribution in [3.8, 4) is 17.2 Å². The molecule has 7 nitrogen and oxygen atoms in total. The smallest absolute Gasteiger partial charge is 0.251 e. The number of nitrogens with one attached hydrogen (secondary N) is 1. The highest BCUT2D eigenvalue weighted by molar-refractivity contribution is 5.94. The zero-order valence-electron chi connectivity index (χ0n) is 24.4. The number of para-hydroxylation sites is 2. The SMILES string of the molecule is C/C=C/c1ccc(OCCCCn2c(CCCCCNC(=O)c3ccc(OC)cc3)nc3ccccc32)c(OC)c1. The molecule has 0 spiro atoms. The first-order valence-electron chi connectivity index (χ1n) is 14.4. The molecule has 1 aromatic heterocycles. The molecule has 41 heavy (non-hydrogen) atoms. The van der Waals surface area contributed by atoms with E-state index in [1.807, 2.05) is 43.3 Å². The van der Waals surface area contributed by atoms with Crippen molar-refractivity contribution in [3.05, 3.63) is 89.8 Å². The zero-order chi connectivity index (χ0) is 28.9. The molecule has 216 valence electrons. The Morgan fingerprint density at radius 2 is 1.73 bits per heavy atom. The number of hydrogen-bond donors (Lipinski definition) is 1. The molecule has 0 atom stereocenters. The largest absolute Gasteiger partial charge is 0.497 e. The van der Waals surface area contributed by atoms with Gasteiger partial charge in [0, 0.05) is 25.1 Å². The topological polar surface area (TPSA) is 74.6 Å². The van der Waals surface area contributed by atoms with Crippen LogP contribution in [0.1, 0.15) is 60.8 Å². The van der Waals surface area contributed by atoms with Gasteiger partial charge < -0.3 is 24.1 Å². The second kappa shape index (κ2) is 15.5. The van der Waals surface area contributed by atoms with Gasteiger partial charge in [-0.05, 0) is 86.7 Å². The van der Waals surface area contributed by atoms with Crippen LogP contribution in [0.2, 0.25) is 0 Å². The van der Waals surface area contributed by atoms with Crippen LogP contribution in [0.5, 0.6) is 17.2 Å². The van der Waals surface area contributed by atoms with E-state index in [1.165, 1.54) is 5.52 Å². The molecule has 0 aliphatic carbocycles. The first-order chi connectivity index (χ1) is 20.1. The number of nitrogens with zero attached hydrogens (tertiary/aromatic N) is 2. The Hall–Kier alpha value is -4.26. The van der Waals surface area contributed by atoms with Crippen molar-refractivity contribution in [1.29, 1.82) is 0 Å². The van der Waals surface area contributed by atoms with Gasteiger partial charge in [-0.3, -0.25) is 4.79 Å². The fourth-order valence-electron chi connectivity index (χ4n) is 4.85. The monoisotopic (exact) mass is 555 g/mol. The van der Waals surface area contributed by atoms with Gasteiger partial charge in [-0.1, -0.05) is 36.8 Å². The predicted octanol–water partition coefficient (Wildman–Crippen LogP) is 7.09. The summed E-state index contributed by atoms with van der Waals surface area (Å²) in [6.07, 6.45) is 9.85. The minimum absolute atomic E-state index is 0.0532. The maximum absolute atomic E-state index is 12.4. The number of unbranched alkanes of at least 4 members (excludes halogenated alkanes) is 3. The number of imidazole rings is 1. The van der Waals surface area contributed by atoms with Gasteiger partial charge in [0.25, 0.3) is 5.91 Å². The molecule has 4 rings (SSSR count). The van der Waals surface area contributed by atoms with Crippen LogP contribution in [0.15, 0.2) is 72.8 Å². The van der Waals surface area contributed by atoms with Gasteiger partial charge in [-0.15, -0.1) is 0 Å². The van der Waals surface area contributed by atoms with E-state index in [1.54, 1.807) is 38.5 Å². The van der Waals surface area contributed by atoms with E-state index < -0.39 is 0 Å². The molecule has 3 aromatic carbocycles. The fraction of sp³-hybridized carbons (Fsp3) is 0.353. The van der Waals surface area contributed by atoms with Crippen LogP contribution in [-0.2, 0) is 13.0 Å². The van der Waals surface area contributed by atoms with E-state index >= 15 is 0 Å². The van der Waals surface area contributed by atoms with Crippen molar-refractivity contribution < 1.29 is 19.0 Å². The fourth-order valence-corrected chi connectivity index (χ4v) is 4.85. The Morgan fingerprint density at radius 1 is 0.902 bits per heavy atom. The Labute approximate surface area is 243 Å². The van der Waals surface area contributed by atoms with Crippen LogP contribution in [-0.4, -0.2) is 42.8 Å². The van der Waals surface area contributed by atoms with Crippen molar-refractivity contribution in [3.63, 3.8) is 0 Å². The molecule has 0 saturated heterocycles. The lowest BCUT2D eigenvalue weighted by Crippen LogP contribution is -2.24. The molecule has 0 unspecified atom stereocenters. The number of benzene rings is 3. The highest BCUT2D eigenvalue weighted by Crippen LogP contribution is 2.29. The number of carbonyl (C=O) groups excluding carboxylic acids is 1. The highest BCUT2D eigenvalue weighted by atomic mass is 16.5. The van der Waals surface area contributed by atoms with Crippen LogP contribution in [0.4, 0.5) is 0 Å². The summed E-state index contributed by atoms with van der Waals surface area (Å²) in [4.78, 5) is 17.3. The van der Waals surface area contributed by atoms with Crippen molar-refractivity contribution in [2.24, 2.45) is 0 Å². The molecule has 1 heterocycles. The van der Waals surface area contributed by atoms with Gasteiger partial charge in [0.2, 0.25) is 0 Å². The average molecular weight is 556 g/mol. The van der Waals surface area contributed by atoms with E-state index in [4.69, 9.17) is 19.2 Å². The molecule has 0 aliphatic rings. The Bertz CT molecular complexity index is 1430. The summed E-state index contributed by atoms with van der Waals surface area (Å²) in [5.41, 5.74) is 3.95. The second-order valence-corrected chi connectivity index (χ2v) is 9.93. The first-order valence-corrected chi connectivity index (χ1v) is 14.4. The normalized spacial score (nSPS) is 11.2. The summed E-state index contributed by atoms with van der Waals surface area (Å²) in [6, 6.07) is 21.5. The number of fused-ring (bicyclic) bond motifs is 1. The number of allylic oxidation sites excluding steroid dienone is 1. The molecular formula is C34H41N3O4. The number of methoxy groups -OCH3 is 2. The minimum Gasteiger partial charge on any atom is -0.497 e. The van der Waals surface area contributed by atoms with E-state index in [-0.39, 0.29) is 5.91 Å². The lowest BCUT2D eigenvalue weighted by Gasteiger charge is -2.12. The van der Waals surface area contributed by atoms with Crippen LogP contribution < -0.4 is 19.5 Å². The van der Waals surface area contributed by atoms with Gasteiger partial charge in [0.15, 0.2) is 11.5 Å². The van der Waals surface area contributed by atoms with Crippen molar-refractivity contribution in [1.82, 2.24) is 14.9 Å².